The van der Waals surface area contributed by atoms with Crippen LogP contribution in [0.4, 0.5) is 4.39 Å². The number of hydrogen-bond donors (Lipinski definition) is 1. The molecule has 0 bridgehead atoms. The molecule has 1 aliphatic rings. The summed E-state index contributed by atoms with van der Waals surface area (Å²) in [5, 5.41) is 3.52. The number of nitrogens with one attached hydrogen (secondary N) is 1. The van der Waals surface area contributed by atoms with E-state index in [1.54, 1.807) is 6.07 Å². The minimum atomic E-state index is -0.239. The molecule has 0 amide bonds. The van der Waals surface area contributed by atoms with Crippen molar-refractivity contribution >= 4 is 11.6 Å². The molecule has 2 rings (SSSR count). The first-order valence-corrected chi connectivity index (χ1v) is 6.18. The van der Waals surface area contributed by atoms with Gasteiger partial charge in [0.25, 0.3) is 0 Å². The predicted octanol–water partition coefficient (Wildman–Crippen LogP) is 3.41. The molecule has 2 atom stereocenters. The lowest BCUT2D eigenvalue weighted by Gasteiger charge is -2.11. The third-order valence-electron chi connectivity index (χ3n) is 3.49. The molecule has 1 saturated carbocycles. The first-order valence-electron chi connectivity index (χ1n) is 5.81. The predicted molar refractivity (Wildman–Crippen MR) is 65.3 cm³/mol. The van der Waals surface area contributed by atoms with Gasteiger partial charge in [-0.2, -0.15) is 0 Å². The van der Waals surface area contributed by atoms with Crippen molar-refractivity contribution in [1.82, 2.24) is 5.32 Å². The van der Waals surface area contributed by atoms with Crippen molar-refractivity contribution in [2.75, 3.05) is 7.05 Å². The Hall–Kier alpha value is -0.600. The molecule has 0 spiro atoms. The fraction of sp³-hybridized carbons (Fsp3) is 0.538. The molecule has 0 aliphatic heterocycles. The Morgan fingerprint density at radius 3 is 2.94 bits per heavy atom. The van der Waals surface area contributed by atoms with Crippen LogP contribution >= 0.6 is 11.6 Å². The Morgan fingerprint density at radius 1 is 1.44 bits per heavy atom. The van der Waals surface area contributed by atoms with Crippen molar-refractivity contribution in [3.05, 3.63) is 34.6 Å². The highest BCUT2D eigenvalue weighted by molar-refractivity contribution is 6.30. The van der Waals surface area contributed by atoms with E-state index in [9.17, 15) is 4.39 Å². The van der Waals surface area contributed by atoms with E-state index in [2.05, 4.69) is 5.32 Å². The van der Waals surface area contributed by atoms with Gasteiger partial charge in [-0.1, -0.05) is 23.7 Å². The fourth-order valence-corrected chi connectivity index (χ4v) is 2.73. The molecule has 1 aromatic rings. The Bertz CT molecular complexity index is 367. The zero-order valence-electron chi connectivity index (χ0n) is 9.47. The zero-order valence-corrected chi connectivity index (χ0v) is 10.2. The maximum atomic E-state index is 13.7. The largest absolute Gasteiger partial charge is 0.317 e. The summed E-state index contributed by atoms with van der Waals surface area (Å²) in [6.45, 7) is 0. The van der Waals surface area contributed by atoms with Crippen LogP contribution in [0.2, 0.25) is 5.02 Å². The minimum absolute atomic E-state index is 0.237. The summed E-state index contributed by atoms with van der Waals surface area (Å²) in [5.74, 6) is 0.350. The molecule has 0 heterocycles. The molecule has 2 unspecified atom stereocenters. The zero-order chi connectivity index (χ0) is 11.5. The van der Waals surface area contributed by atoms with E-state index in [-0.39, 0.29) is 10.8 Å². The molecule has 0 radical (unpaired) electrons. The third-order valence-corrected chi connectivity index (χ3v) is 3.78. The molecule has 88 valence electrons. The van der Waals surface area contributed by atoms with Crippen molar-refractivity contribution in [2.24, 2.45) is 5.92 Å². The summed E-state index contributed by atoms with van der Waals surface area (Å²) in [4.78, 5) is 0. The molecule has 0 aromatic heterocycles. The van der Waals surface area contributed by atoms with Gasteiger partial charge in [-0.3, -0.25) is 0 Å². The second kappa shape index (κ2) is 5.15. The number of benzene rings is 1. The smallest absolute Gasteiger partial charge is 0.144 e. The van der Waals surface area contributed by atoms with Gasteiger partial charge in [0, 0.05) is 6.04 Å². The van der Waals surface area contributed by atoms with Gasteiger partial charge in [0.1, 0.15) is 5.82 Å². The van der Waals surface area contributed by atoms with Gasteiger partial charge in [0.2, 0.25) is 0 Å². The second-order valence-electron chi connectivity index (χ2n) is 4.58. The first kappa shape index (κ1) is 11.9. The Balaban J connectivity index is 2.02. The molecule has 0 saturated heterocycles. The quantitative estimate of drug-likeness (QED) is 0.855. The molecule has 16 heavy (non-hydrogen) atoms. The molecule has 1 aliphatic carbocycles. The van der Waals surface area contributed by atoms with E-state index < -0.39 is 0 Å². The van der Waals surface area contributed by atoms with Crippen molar-refractivity contribution in [2.45, 2.75) is 31.7 Å². The van der Waals surface area contributed by atoms with Crippen molar-refractivity contribution in [3.63, 3.8) is 0 Å². The van der Waals surface area contributed by atoms with Gasteiger partial charge < -0.3 is 5.32 Å². The average molecular weight is 242 g/mol. The average Bonchev–Trinajstić information content (AvgIpc) is 2.73. The molecule has 1 nitrogen and oxygen atoms in total. The van der Waals surface area contributed by atoms with Crippen LogP contribution in [-0.2, 0) is 6.42 Å². The van der Waals surface area contributed by atoms with Crippen molar-refractivity contribution in [1.29, 1.82) is 0 Å². The van der Waals surface area contributed by atoms with Crippen LogP contribution in [0, 0.1) is 11.7 Å². The lowest BCUT2D eigenvalue weighted by atomic mass is 9.97. The van der Waals surface area contributed by atoms with Crippen molar-refractivity contribution in [3.8, 4) is 0 Å². The van der Waals surface area contributed by atoms with Gasteiger partial charge in [-0.25, -0.2) is 4.39 Å². The number of halogens is 2. The van der Waals surface area contributed by atoms with Gasteiger partial charge in [-0.15, -0.1) is 0 Å². The lowest BCUT2D eigenvalue weighted by Crippen LogP contribution is -2.21. The molecule has 3 heteroatoms. The monoisotopic (exact) mass is 241 g/mol. The van der Waals surface area contributed by atoms with Crippen molar-refractivity contribution < 1.29 is 4.39 Å². The summed E-state index contributed by atoms with van der Waals surface area (Å²) < 4.78 is 13.7. The lowest BCUT2D eigenvalue weighted by molar-refractivity contribution is 0.496. The number of rotatable bonds is 3. The second-order valence-corrected chi connectivity index (χ2v) is 4.99. The third kappa shape index (κ3) is 2.55. The summed E-state index contributed by atoms with van der Waals surface area (Å²) in [6, 6.07) is 5.87. The van der Waals surface area contributed by atoms with Crippen LogP contribution in [-0.4, -0.2) is 13.1 Å². The molecule has 1 fully saturated rings. The summed E-state index contributed by atoms with van der Waals surface area (Å²) in [6.07, 6.45) is 4.33. The Kier molecular flexibility index (Phi) is 3.82. The molecular weight excluding hydrogens is 225 g/mol. The first-order chi connectivity index (χ1) is 7.70. The fourth-order valence-electron chi connectivity index (χ4n) is 2.54. The van der Waals surface area contributed by atoms with Gasteiger partial charge in [0.05, 0.1) is 5.02 Å². The summed E-state index contributed by atoms with van der Waals surface area (Å²) >= 11 is 5.77. The van der Waals surface area contributed by atoms with Crippen LogP contribution in [0.25, 0.3) is 0 Å². The Labute approximate surface area is 101 Å². The molecular formula is C13H17ClFN. The maximum absolute atomic E-state index is 13.7. The highest BCUT2D eigenvalue weighted by Crippen LogP contribution is 2.30. The van der Waals surface area contributed by atoms with Crippen LogP contribution in [0.15, 0.2) is 18.2 Å². The molecule has 1 N–H and O–H groups in total. The van der Waals surface area contributed by atoms with E-state index in [1.165, 1.54) is 12.8 Å². The van der Waals surface area contributed by atoms with E-state index in [1.807, 2.05) is 19.2 Å². The van der Waals surface area contributed by atoms with Crippen LogP contribution in [0.3, 0.4) is 0 Å². The SMILES string of the molecule is CNC1CCC(Cc2cccc(Cl)c2F)C1. The van der Waals surface area contributed by atoms with Crippen LogP contribution in [0.5, 0.6) is 0 Å². The molecule has 1 aromatic carbocycles. The van der Waals surface area contributed by atoms with E-state index in [0.29, 0.717) is 12.0 Å². The highest BCUT2D eigenvalue weighted by Gasteiger charge is 2.24. The van der Waals surface area contributed by atoms with E-state index in [0.717, 1.165) is 18.4 Å². The van der Waals surface area contributed by atoms with Gasteiger partial charge >= 0.3 is 0 Å². The van der Waals surface area contributed by atoms with E-state index >= 15 is 0 Å². The summed E-state index contributed by atoms with van der Waals surface area (Å²) in [7, 11) is 1.99. The number of hydrogen-bond acceptors (Lipinski definition) is 1. The summed E-state index contributed by atoms with van der Waals surface area (Å²) in [5.41, 5.74) is 0.759. The van der Waals surface area contributed by atoms with E-state index in [4.69, 9.17) is 11.6 Å². The van der Waals surface area contributed by atoms with Crippen LogP contribution < -0.4 is 5.32 Å². The van der Waals surface area contributed by atoms with Gasteiger partial charge in [0.15, 0.2) is 0 Å². The standard InChI is InChI=1S/C13H17ClFN/c1-16-11-6-5-9(8-11)7-10-3-2-4-12(14)13(10)15/h2-4,9,11,16H,5-8H2,1H3. The maximum Gasteiger partial charge on any atom is 0.144 e. The topological polar surface area (TPSA) is 12.0 Å². The van der Waals surface area contributed by atoms with Gasteiger partial charge in [-0.05, 0) is 50.3 Å². The highest BCUT2D eigenvalue weighted by atomic mass is 35.5. The minimum Gasteiger partial charge on any atom is -0.317 e. The van der Waals surface area contributed by atoms with Crippen LogP contribution in [0.1, 0.15) is 24.8 Å². The Morgan fingerprint density at radius 2 is 2.25 bits per heavy atom. The normalized spacial score (nSPS) is 24.9.